The second kappa shape index (κ2) is 7.66. The van der Waals surface area contributed by atoms with Crippen LogP contribution < -0.4 is 14.7 Å². The van der Waals surface area contributed by atoms with Crippen molar-refractivity contribution in [3.05, 3.63) is 72.6 Å². The second-order valence-electron chi connectivity index (χ2n) is 6.94. The summed E-state index contributed by atoms with van der Waals surface area (Å²) in [5, 5.41) is 0. The van der Waals surface area contributed by atoms with Crippen molar-refractivity contribution in [1.82, 2.24) is 9.97 Å². The van der Waals surface area contributed by atoms with E-state index in [0.717, 1.165) is 43.5 Å². The lowest BCUT2D eigenvalue weighted by Crippen LogP contribution is -2.46. The van der Waals surface area contributed by atoms with Gasteiger partial charge in [0, 0.05) is 50.7 Å². The number of aromatic nitrogens is 2. The lowest BCUT2D eigenvalue weighted by molar-refractivity contribution is 0.646. The predicted octanol–water partition coefficient (Wildman–Crippen LogP) is 3.88. The zero-order valence-electron chi connectivity index (χ0n) is 15.9. The van der Waals surface area contributed by atoms with Crippen molar-refractivity contribution in [3.8, 4) is 0 Å². The molecule has 0 N–H and O–H groups in total. The van der Waals surface area contributed by atoms with Crippen LogP contribution in [0.15, 0.2) is 67.0 Å². The summed E-state index contributed by atoms with van der Waals surface area (Å²) >= 11 is 0. The summed E-state index contributed by atoms with van der Waals surface area (Å²) in [6, 6.07) is 21.1. The van der Waals surface area contributed by atoms with E-state index in [2.05, 4.69) is 74.1 Å². The van der Waals surface area contributed by atoms with Gasteiger partial charge in [0.25, 0.3) is 0 Å². The summed E-state index contributed by atoms with van der Waals surface area (Å²) in [6.45, 7) is 6.05. The van der Waals surface area contributed by atoms with Crippen molar-refractivity contribution in [1.29, 1.82) is 0 Å². The van der Waals surface area contributed by atoms with E-state index in [4.69, 9.17) is 0 Å². The van der Waals surface area contributed by atoms with Crippen LogP contribution in [0, 0.1) is 6.92 Å². The third-order valence-electron chi connectivity index (χ3n) is 5.10. The first-order valence-corrected chi connectivity index (χ1v) is 9.38. The molecule has 3 aromatic rings. The number of piperazine rings is 1. The number of anilines is 4. The van der Waals surface area contributed by atoms with Gasteiger partial charge in [0.05, 0.1) is 0 Å². The number of rotatable bonds is 4. The summed E-state index contributed by atoms with van der Waals surface area (Å²) in [7, 11) is 2.04. The number of para-hydroxylation sites is 1. The molecule has 0 unspecified atom stereocenters. The van der Waals surface area contributed by atoms with E-state index in [1.807, 2.05) is 25.2 Å². The van der Waals surface area contributed by atoms with E-state index in [1.54, 1.807) is 6.33 Å². The molecule has 0 radical (unpaired) electrons. The molecule has 1 aliphatic rings. The van der Waals surface area contributed by atoms with Crippen LogP contribution in [0.1, 0.15) is 5.56 Å². The van der Waals surface area contributed by atoms with Gasteiger partial charge in [-0.3, -0.25) is 0 Å². The Hall–Kier alpha value is -3.08. The fraction of sp³-hybridized carbons (Fsp3) is 0.273. The standard InChI is InChI=1S/C22H25N5/c1-18-7-6-10-20(15-18)26-11-13-27(14-12-26)22-16-21(23-17-24-22)25(2)19-8-4-3-5-9-19/h3-10,15-17H,11-14H2,1-2H3. The summed E-state index contributed by atoms with van der Waals surface area (Å²) in [5.41, 5.74) is 3.73. The first kappa shape index (κ1) is 17.3. The monoisotopic (exact) mass is 359 g/mol. The van der Waals surface area contributed by atoms with Gasteiger partial charge >= 0.3 is 0 Å². The van der Waals surface area contributed by atoms with Crippen LogP contribution in [-0.4, -0.2) is 43.2 Å². The third-order valence-corrected chi connectivity index (χ3v) is 5.10. The minimum absolute atomic E-state index is 0.910. The Morgan fingerprint density at radius 2 is 1.56 bits per heavy atom. The molecular weight excluding hydrogens is 334 g/mol. The van der Waals surface area contributed by atoms with Crippen molar-refractivity contribution < 1.29 is 0 Å². The fourth-order valence-electron chi connectivity index (χ4n) is 3.50. The maximum absolute atomic E-state index is 4.52. The maximum Gasteiger partial charge on any atom is 0.138 e. The SMILES string of the molecule is Cc1cccc(N2CCN(c3cc(N(C)c4ccccc4)ncn3)CC2)c1. The van der Waals surface area contributed by atoms with Gasteiger partial charge in [-0.25, -0.2) is 9.97 Å². The molecule has 1 saturated heterocycles. The Morgan fingerprint density at radius 3 is 2.30 bits per heavy atom. The van der Waals surface area contributed by atoms with Gasteiger partial charge in [0.15, 0.2) is 0 Å². The topological polar surface area (TPSA) is 35.5 Å². The Bertz CT molecular complexity index is 888. The number of hydrogen-bond donors (Lipinski definition) is 0. The normalized spacial score (nSPS) is 14.3. The van der Waals surface area contributed by atoms with Crippen LogP contribution in [0.3, 0.4) is 0 Å². The Balaban J connectivity index is 1.46. The molecule has 5 heteroatoms. The lowest BCUT2D eigenvalue weighted by atomic mass is 10.2. The van der Waals surface area contributed by atoms with Gasteiger partial charge in [-0.1, -0.05) is 30.3 Å². The van der Waals surface area contributed by atoms with E-state index >= 15 is 0 Å². The van der Waals surface area contributed by atoms with E-state index in [-0.39, 0.29) is 0 Å². The van der Waals surface area contributed by atoms with Gasteiger partial charge < -0.3 is 14.7 Å². The number of aryl methyl sites for hydroxylation is 1. The lowest BCUT2D eigenvalue weighted by Gasteiger charge is -2.37. The molecule has 0 atom stereocenters. The average Bonchev–Trinajstić information content (AvgIpc) is 2.74. The molecular formula is C22H25N5. The molecule has 4 rings (SSSR count). The maximum atomic E-state index is 4.52. The molecule has 27 heavy (non-hydrogen) atoms. The molecule has 1 aromatic heterocycles. The molecule has 5 nitrogen and oxygen atoms in total. The second-order valence-corrected chi connectivity index (χ2v) is 6.94. The van der Waals surface area contributed by atoms with Crippen LogP contribution in [0.2, 0.25) is 0 Å². The van der Waals surface area contributed by atoms with E-state index in [0.29, 0.717) is 0 Å². The van der Waals surface area contributed by atoms with E-state index in [9.17, 15) is 0 Å². The van der Waals surface area contributed by atoms with Gasteiger partial charge in [0.1, 0.15) is 18.0 Å². The van der Waals surface area contributed by atoms with Crippen molar-refractivity contribution in [2.45, 2.75) is 6.92 Å². The molecule has 0 aliphatic carbocycles. The van der Waals surface area contributed by atoms with Crippen LogP contribution in [-0.2, 0) is 0 Å². The molecule has 1 fully saturated rings. The molecule has 0 spiro atoms. The minimum Gasteiger partial charge on any atom is -0.368 e. The van der Waals surface area contributed by atoms with Crippen molar-refractivity contribution in [3.63, 3.8) is 0 Å². The first-order valence-electron chi connectivity index (χ1n) is 9.38. The highest BCUT2D eigenvalue weighted by Gasteiger charge is 2.19. The van der Waals surface area contributed by atoms with Crippen molar-refractivity contribution >= 4 is 23.0 Å². The highest BCUT2D eigenvalue weighted by molar-refractivity contribution is 5.62. The quantitative estimate of drug-likeness (QED) is 0.706. The smallest absolute Gasteiger partial charge is 0.138 e. The Morgan fingerprint density at radius 1 is 0.815 bits per heavy atom. The summed E-state index contributed by atoms with van der Waals surface area (Å²) in [4.78, 5) is 15.9. The highest BCUT2D eigenvalue weighted by atomic mass is 15.3. The largest absolute Gasteiger partial charge is 0.368 e. The van der Waals surface area contributed by atoms with Gasteiger partial charge in [-0.2, -0.15) is 0 Å². The van der Waals surface area contributed by atoms with Crippen LogP contribution in [0.25, 0.3) is 0 Å². The number of nitrogens with zero attached hydrogens (tertiary/aromatic N) is 5. The molecule has 0 saturated carbocycles. The summed E-state index contributed by atoms with van der Waals surface area (Å²) in [5.74, 6) is 1.90. The summed E-state index contributed by atoms with van der Waals surface area (Å²) in [6.07, 6.45) is 1.66. The van der Waals surface area contributed by atoms with Gasteiger partial charge in [0.2, 0.25) is 0 Å². The van der Waals surface area contributed by atoms with Crippen LogP contribution >= 0.6 is 0 Å². The zero-order chi connectivity index (χ0) is 18.6. The third kappa shape index (κ3) is 3.87. The van der Waals surface area contributed by atoms with Gasteiger partial charge in [-0.05, 0) is 36.8 Å². The van der Waals surface area contributed by atoms with Crippen LogP contribution in [0.5, 0.6) is 0 Å². The average molecular weight is 359 g/mol. The van der Waals surface area contributed by atoms with Crippen LogP contribution in [0.4, 0.5) is 23.0 Å². The zero-order valence-corrected chi connectivity index (χ0v) is 15.9. The Kier molecular flexibility index (Phi) is 4.92. The number of hydrogen-bond acceptors (Lipinski definition) is 5. The fourth-order valence-corrected chi connectivity index (χ4v) is 3.50. The molecule has 2 heterocycles. The van der Waals surface area contributed by atoms with Crippen molar-refractivity contribution in [2.24, 2.45) is 0 Å². The van der Waals surface area contributed by atoms with E-state index < -0.39 is 0 Å². The summed E-state index contributed by atoms with van der Waals surface area (Å²) < 4.78 is 0. The molecule has 1 aliphatic heterocycles. The molecule has 0 bridgehead atoms. The van der Waals surface area contributed by atoms with Crippen molar-refractivity contribution in [2.75, 3.05) is 47.9 Å². The Labute approximate surface area is 160 Å². The predicted molar refractivity (Wildman–Crippen MR) is 112 cm³/mol. The molecule has 2 aromatic carbocycles. The number of benzene rings is 2. The minimum atomic E-state index is 0.910. The highest BCUT2D eigenvalue weighted by Crippen LogP contribution is 2.25. The van der Waals surface area contributed by atoms with Gasteiger partial charge in [-0.15, -0.1) is 0 Å². The molecule has 0 amide bonds. The first-order chi connectivity index (χ1) is 13.2. The van der Waals surface area contributed by atoms with E-state index in [1.165, 1.54) is 11.3 Å². The molecule has 138 valence electrons.